The molecule has 2 aromatic rings. The van der Waals surface area contributed by atoms with Gasteiger partial charge in [-0.1, -0.05) is 12.1 Å². The zero-order chi connectivity index (χ0) is 14.1. The maximum Gasteiger partial charge on any atom is 0.141 e. The molecule has 1 N–H and O–H groups in total. The van der Waals surface area contributed by atoms with Crippen molar-refractivity contribution in [1.82, 2.24) is 15.3 Å². The van der Waals surface area contributed by atoms with E-state index in [1.165, 1.54) is 11.3 Å². The summed E-state index contributed by atoms with van der Waals surface area (Å²) in [5.41, 5.74) is 3.49. The second kappa shape index (κ2) is 5.50. The Bertz CT molecular complexity index is 642. The summed E-state index contributed by atoms with van der Waals surface area (Å²) in [6.45, 7) is 3.78. The largest absolute Gasteiger partial charge is 0.328 e. The Kier molecular flexibility index (Phi) is 3.72. The molecule has 0 amide bonds. The van der Waals surface area contributed by atoms with Crippen LogP contribution in [0.5, 0.6) is 0 Å². The predicted molar refractivity (Wildman–Crippen MR) is 84.4 cm³/mol. The molecule has 5 heteroatoms. The van der Waals surface area contributed by atoms with E-state index in [1.54, 1.807) is 0 Å². The van der Waals surface area contributed by atoms with Crippen LogP contribution in [0.4, 0.5) is 11.5 Å². The van der Waals surface area contributed by atoms with Crippen molar-refractivity contribution in [3.05, 3.63) is 45.8 Å². The van der Waals surface area contributed by atoms with Gasteiger partial charge in [0.05, 0.1) is 11.4 Å². The number of para-hydroxylation sites is 1. The summed E-state index contributed by atoms with van der Waals surface area (Å²) in [5.74, 6) is 1.83. The first kappa shape index (κ1) is 13.5. The lowest BCUT2D eigenvalue weighted by atomic mass is 10.1. The van der Waals surface area contributed by atoms with Crippen molar-refractivity contribution in [3.63, 3.8) is 0 Å². The minimum absolute atomic E-state index is 0.833. The molecule has 0 spiro atoms. The predicted octanol–water partition coefficient (Wildman–Crippen LogP) is 2.96. The van der Waals surface area contributed by atoms with Crippen molar-refractivity contribution in [2.75, 3.05) is 18.5 Å². The molecular formula is C15H17BrN4. The molecule has 0 fully saturated rings. The summed E-state index contributed by atoms with van der Waals surface area (Å²) in [7, 11) is 2.05. The molecule has 2 heterocycles. The van der Waals surface area contributed by atoms with Gasteiger partial charge in [0, 0.05) is 36.6 Å². The van der Waals surface area contributed by atoms with Gasteiger partial charge in [-0.2, -0.15) is 0 Å². The fourth-order valence-electron chi connectivity index (χ4n) is 2.56. The van der Waals surface area contributed by atoms with Crippen LogP contribution in [0, 0.1) is 6.92 Å². The van der Waals surface area contributed by atoms with E-state index in [0.717, 1.165) is 41.3 Å². The normalized spacial score (nSPS) is 13.9. The number of halogens is 1. The standard InChI is InChI=1S/C15H17BrN4/c1-10-18-13-7-8-17-9-11(13)15(19-10)20(2)14-6-4-3-5-12(14)16/h3-6,17H,7-9H2,1-2H3. The highest BCUT2D eigenvalue weighted by Crippen LogP contribution is 2.32. The van der Waals surface area contributed by atoms with Gasteiger partial charge in [0.15, 0.2) is 0 Å². The highest BCUT2D eigenvalue weighted by Gasteiger charge is 2.20. The highest BCUT2D eigenvalue weighted by atomic mass is 79.9. The van der Waals surface area contributed by atoms with Crippen molar-refractivity contribution in [2.24, 2.45) is 0 Å². The minimum atomic E-state index is 0.833. The molecule has 1 aromatic carbocycles. The van der Waals surface area contributed by atoms with Crippen LogP contribution >= 0.6 is 15.9 Å². The Morgan fingerprint density at radius 2 is 2.05 bits per heavy atom. The van der Waals surface area contributed by atoms with Crippen molar-refractivity contribution in [1.29, 1.82) is 0 Å². The summed E-state index contributed by atoms with van der Waals surface area (Å²) in [4.78, 5) is 11.4. The van der Waals surface area contributed by atoms with Gasteiger partial charge in [-0.25, -0.2) is 9.97 Å². The van der Waals surface area contributed by atoms with Crippen LogP contribution in [0.2, 0.25) is 0 Å². The summed E-state index contributed by atoms with van der Waals surface area (Å²) >= 11 is 3.61. The molecular weight excluding hydrogens is 316 g/mol. The van der Waals surface area contributed by atoms with Crippen molar-refractivity contribution in [2.45, 2.75) is 19.9 Å². The number of aromatic nitrogens is 2. The van der Waals surface area contributed by atoms with Crippen LogP contribution < -0.4 is 10.2 Å². The third-order valence-electron chi connectivity index (χ3n) is 3.55. The smallest absolute Gasteiger partial charge is 0.141 e. The van der Waals surface area contributed by atoms with E-state index in [2.05, 4.69) is 49.2 Å². The van der Waals surface area contributed by atoms with Crippen molar-refractivity contribution in [3.8, 4) is 0 Å². The first-order valence-corrected chi connectivity index (χ1v) is 7.51. The van der Waals surface area contributed by atoms with Crippen LogP contribution in [0.25, 0.3) is 0 Å². The Labute approximate surface area is 127 Å². The number of aryl methyl sites for hydroxylation is 1. The van der Waals surface area contributed by atoms with Gasteiger partial charge in [0.2, 0.25) is 0 Å². The second-order valence-electron chi connectivity index (χ2n) is 4.96. The molecule has 1 aliphatic rings. The molecule has 0 aliphatic carbocycles. The first-order chi connectivity index (χ1) is 9.66. The number of hydrogen-bond donors (Lipinski definition) is 1. The van der Waals surface area contributed by atoms with Gasteiger partial charge in [-0.15, -0.1) is 0 Å². The van der Waals surface area contributed by atoms with E-state index < -0.39 is 0 Å². The quantitative estimate of drug-likeness (QED) is 0.917. The third kappa shape index (κ3) is 2.43. The SMILES string of the molecule is Cc1nc2c(c(N(C)c3ccccc3Br)n1)CNCC2. The Morgan fingerprint density at radius 3 is 2.85 bits per heavy atom. The zero-order valence-corrected chi connectivity index (χ0v) is 13.2. The van der Waals surface area contributed by atoms with Crippen molar-refractivity contribution < 1.29 is 0 Å². The van der Waals surface area contributed by atoms with Crippen LogP contribution in [0.15, 0.2) is 28.7 Å². The van der Waals surface area contributed by atoms with Gasteiger partial charge in [-0.3, -0.25) is 0 Å². The summed E-state index contributed by atoms with van der Waals surface area (Å²) in [6.07, 6.45) is 0.968. The lowest BCUT2D eigenvalue weighted by molar-refractivity contribution is 0.622. The van der Waals surface area contributed by atoms with Gasteiger partial charge >= 0.3 is 0 Å². The maximum atomic E-state index is 4.66. The molecule has 0 bridgehead atoms. The van der Waals surface area contributed by atoms with E-state index in [9.17, 15) is 0 Å². The summed E-state index contributed by atoms with van der Waals surface area (Å²) in [6, 6.07) is 8.19. The van der Waals surface area contributed by atoms with Gasteiger partial charge in [0.1, 0.15) is 11.6 Å². The average Bonchev–Trinajstić information content (AvgIpc) is 2.46. The zero-order valence-electron chi connectivity index (χ0n) is 11.7. The fraction of sp³-hybridized carbons (Fsp3) is 0.333. The first-order valence-electron chi connectivity index (χ1n) is 6.72. The molecule has 0 saturated heterocycles. The molecule has 3 rings (SSSR count). The maximum absolute atomic E-state index is 4.66. The molecule has 0 saturated carbocycles. The number of anilines is 2. The molecule has 104 valence electrons. The summed E-state index contributed by atoms with van der Waals surface area (Å²) in [5, 5.41) is 3.40. The number of benzene rings is 1. The van der Waals surface area contributed by atoms with Crippen molar-refractivity contribution >= 4 is 27.4 Å². The lowest BCUT2D eigenvalue weighted by Gasteiger charge is -2.26. The van der Waals surface area contributed by atoms with Crippen LogP contribution in [-0.2, 0) is 13.0 Å². The number of nitrogens with one attached hydrogen (secondary N) is 1. The van der Waals surface area contributed by atoms with Crippen LogP contribution in [0.3, 0.4) is 0 Å². The topological polar surface area (TPSA) is 41.1 Å². The number of hydrogen-bond acceptors (Lipinski definition) is 4. The van der Waals surface area contributed by atoms with Gasteiger partial charge in [-0.05, 0) is 35.0 Å². The number of rotatable bonds is 2. The van der Waals surface area contributed by atoms with Crippen LogP contribution in [-0.4, -0.2) is 23.6 Å². The van der Waals surface area contributed by atoms with Gasteiger partial charge < -0.3 is 10.2 Å². The van der Waals surface area contributed by atoms with Crippen LogP contribution in [0.1, 0.15) is 17.1 Å². The molecule has 0 atom stereocenters. The lowest BCUT2D eigenvalue weighted by Crippen LogP contribution is -2.28. The van der Waals surface area contributed by atoms with E-state index in [4.69, 9.17) is 0 Å². The Hall–Kier alpha value is -1.46. The second-order valence-corrected chi connectivity index (χ2v) is 5.81. The third-order valence-corrected chi connectivity index (χ3v) is 4.23. The van der Waals surface area contributed by atoms with E-state index in [-0.39, 0.29) is 0 Å². The molecule has 1 aromatic heterocycles. The molecule has 1 aliphatic heterocycles. The van der Waals surface area contributed by atoms with E-state index >= 15 is 0 Å². The number of fused-ring (bicyclic) bond motifs is 1. The molecule has 0 unspecified atom stereocenters. The Balaban J connectivity index is 2.10. The van der Waals surface area contributed by atoms with E-state index in [1.807, 2.05) is 25.1 Å². The fourth-order valence-corrected chi connectivity index (χ4v) is 3.11. The molecule has 20 heavy (non-hydrogen) atoms. The number of nitrogens with zero attached hydrogens (tertiary/aromatic N) is 3. The van der Waals surface area contributed by atoms with Gasteiger partial charge in [0.25, 0.3) is 0 Å². The average molecular weight is 333 g/mol. The minimum Gasteiger partial charge on any atom is -0.328 e. The monoisotopic (exact) mass is 332 g/mol. The van der Waals surface area contributed by atoms with E-state index in [0.29, 0.717) is 0 Å². The highest BCUT2D eigenvalue weighted by molar-refractivity contribution is 9.10. The summed E-state index contributed by atoms with van der Waals surface area (Å²) < 4.78 is 1.07. The molecule has 0 radical (unpaired) electrons. The molecule has 4 nitrogen and oxygen atoms in total. The Morgan fingerprint density at radius 1 is 1.25 bits per heavy atom.